The van der Waals surface area contributed by atoms with Crippen molar-refractivity contribution in [1.29, 1.82) is 0 Å². The second kappa shape index (κ2) is 6.27. The number of hydrogen-bond acceptors (Lipinski definition) is 4. The number of aromatic hydroxyl groups is 1. The van der Waals surface area contributed by atoms with Crippen molar-refractivity contribution in [2.24, 2.45) is 11.8 Å². The molecule has 1 saturated carbocycles. The van der Waals surface area contributed by atoms with E-state index in [9.17, 15) is 15.0 Å². The van der Waals surface area contributed by atoms with Crippen LogP contribution in [0.5, 0.6) is 5.75 Å². The lowest BCUT2D eigenvalue weighted by Crippen LogP contribution is -2.07. The van der Waals surface area contributed by atoms with E-state index in [-0.39, 0.29) is 24.2 Å². The molecular formula is C16H22O4. The van der Waals surface area contributed by atoms with Gasteiger partial charge >= 0.3 is 5.97 Å². The largest absolute Gasteiger partial charge is 0.508 e. The molecule has 1 aliphatic carbocycles. The van der Waals surface area contributed by atoms with Crippen molar-refractivity contribution in [3.63, 3.8) is 0 Å². The monoisotopic (exact) mass is 278 g/mol. The number of hydrogen-bond donors (Lipinski definition) is 2. The standard InChI is InChI=1S/C16H22O4/c1-3-10(6-12-8-14(12)16(19)20-2)11-4-5-15(18)13(7-11)9-17/h4-5,7,10,12,14,17-18H,3,6,8-9H2,1-2H3. The van der Waals surface area contributed by atoms with Gasteiger partial charge in [0, 0.05) is 5.56 Å². The summed E-state index contributed by atoms with van der Waals surface area (Å²) < 4.78 is 4.77. The van der Waals surface area contributed by atoms with Crippen LogP contribution in [0.25, 0.3) is 0 Å². The molecule has 0 heterocycles. The average molecular weight is 278 g/mol. The maximum atomic E-state index is 11.4. The van der Waals surface area contributed by atoms with Crippen molar-refractivity contribution >= 4 is 5.97 Å². The zero-order valence-corrected chi connectivity index (χ0v) is 12.0. The number of esters is 1. The normalized spacial score (nSPS) is 22.4. The number of rotatable bonds is 6. The van der Waals surface area contributed by atoms with Crippen molar-refractivity contribution in [1.82, 2.24) is 0 Å². The minimum atomic E-state index is -0.162. The van der Waals surface area contributed by atoms with Crippen LogP contribution >= 0.6 is 0 Å². The fraction of sp³-hybridized carbons (Fsp3) is 0.562. The summed E-state index contributed by atoms with van der Waals surface area (Å²) in [4.78, 5) is 11.4. The zero-order valence-electron chi connectivity index (χ0n) is 12.0. The third-order valence-corrected chi connectivity index (χ3v) is 4.25. The van der Waals surface area contributed by atoms with Crippen molar-refractivity contribution in [3.05, 3.63) is 29.3 Å². The molecule has 110 valence electrons. The van der Waals surface area contributed by atoms with Gasteiger partial charge in [-0.3, -0.25) is 4.79 Å². The Kier molecular flexibility index (Phi) is 4.65. The molecule has 0 saturated heterocycles. The number of ether oxygens (including phenoxy) is 1. The number of methoxy groups -OCH3 is 1. The van der Waals surface area contributed by atoms with Crippen LogP contribution in [0.2, 0.25) is 0 Å². The number of aliphatic hydroxyl groups excluding tert-OH is 1. The molecule has 0 amide bonds. The lowest BCUT2D eigenvalue weighted by molar-refractivity contribution is -0.142. The molecule has 20 heavy (non-hydrogen) atoms. The fourth-order valence-corrected chi connectivity index (χ4v) is 2.84. The molecule has 1 aromatic carbocycles. The molecule has 1 aliphatic rings. The molecule has 2 rings (SSSR count). The Morgan fingerprint density at radius 1 is 1.50 bits per heavy atom. The molecule has 0 aliphatic heterocycles. The molecule has 2 N–H and O–H groups in total. The number of benzene rings is 1. The van der Waals surface area contributed by atoms with Crippen LogP contribution in [0.4, 0.5) is 0 Å². The fourth-order valence-electron chi connectivity index (χ4n) is 2.84. The van der Waals surface area contributed by atoms with Crippen LogP contribution in [-0.2, 0) is 16.1 Å². The summed E-state index contributed by atoms with van der Waals surface area (Å²) in [6.07, 6.45) is 2.83. The predicted octanol–water partition coefficient (Wildman–Crippen LogP) is 2.58. The maximum absolute atomic E-state index is 11.4. The van der Waals surface area contributed by atoms with Gasteiger partial charge in [0.05, 0.1) is 19.6 Å². The van der Waals surface area contributed by atoms with Gasteiger partial charge in [0.1, 0.15) is 5.75 Å². The highest BCUT2D eigenvalue weighted by atomic mass is 16.5. The van der Waals surface area contributed by atoms with Crippen LogP contribution in [-0.4, -0.2) is 23.3 Å². The number of phenols is 1. The second-order valence-corrected chi connectivity index (χ2v) is 5.51. The second-order valence-electron chi connectivity index (χ2n) is 5.51. The first kappa shape index (κ1) is 14.9. The first-order valence-electron chi connectivity index (χ1n) is 7.11. The van der Waals surface area contributed by atoms with Crippen LogP contribution in [0.3, 0.4) is 0 Å². The smallest absolute Gasteiger partial charge is 0.308 e. The highest BCUT2D eigenvalue weighted by Gasteiger charge is 2.44. The van der Waals surface area contributed by atoms with Crippen molar-refractivity contribution in [2.75, 3.05) is 7.11 Å². The summed E-state index contributed by atoms with van der Waals surface area (Å²) in [6, 6.07) is 5.39. The average Bonchev–Trinajstić information content (AvgIpc) is 3.24. The third-order valence-electron chi connectivity index (χ3n) is 4.25. The van der Waals surface area contributed by atoms with E-state index in [2.05, 4.69) is 6.92 Å². The minimum absolute atomic E-state index is 0.0588. The summed E-state index contributed by atoms with van der Waals surface area (Å²) in [7, 11) is 1.43. The Bertz CT molecular complexity index is 483. The summed E-state index contributed by atoms with van der Waals surface area (Å²) in [5.41, 5.74) is 1.67. The first-order valence-corrected chi connectivity index (χ1v) is 7.11. The Morgan fingerprint density at radius 2 is 2.25 bits per heavy atom. The van der Waals surface area contributed by atoms with E-state index in [1.54, 1.807) is 6.07 Å². The van der Waals surface area contributed by atoms with E-state index in [4.69, 9.17) is 4.74 Å². The summed E-state index contributed by atoms with van der Waals surface area (Å²) in [5.74, 6) is 0.833. The molecular weight excluding hydrogens is 256 g/mol. The molecule has 4 nitrogen and oxygen atoms in total. The highest BCUT2D eigenvalue weighted by molar-refractivity contribution is 5.75. The van der Waals surface area contributed by atoms with Gasteiger partial charge in [-0.1, -0.05) is 13.0 Å². The summed E-state index contributed by atoms with van der Waals surface area (Å²) >= 11 is 0. The van der Waals surface area contributed by atoms with Gasteiger partial charge in [0.2, 0.25) is 0 Å². The van der Waals surface area contributed by atoms with E-state index in [0.717, 1.165) is 24.8 Å². The van der Waals surface area contributed by atoms with E-state index in [1.807, 2.05) is 12.1 Å². The number of aliphatic hydroxyl groups is 1. The quantitative estimate of drug-likeness (QED) is 0.785. The van der Waals surface area contributed by atoms with E-state index < -0.39 is 0 Å². The van der Waals surface area contributed by atoms with E-state index in [1.165, 1.54) is 7.11 Å². The Balaban J connectivity index is 2.04. The predicted molar refractivity (Wildman–Crippen MR) is 75.3 cm³/mol. The lowest BCUT2D eigenvalue weighted by Gasteiger charge is -2.16. The maximum Gasteiger partial charge on any atom is 0.308 e. The van der Waals surface area contributed by atoms with E-state index in [0.29, 0.717) is 17.4 Å². The van der Waals surface area contributed by atoms with Gasteiger partial charge in [-0.25, -0.2) is 0 Å². The minimum Gasteiger partial charge on any atom is -0.508 e. The van der Waals surface area contributed by atoms with Gasteiger partial charge in [-0.15, -0.1) is 0 Å². The SMILES string of the molecule is CCC(CC1CC1C(=O)OC)c1ccc(O)c(CO)c1. The number of carbonyl (C=O) groups excluding carboxylic acids is 1. The summed E-state index contributed by atoms with van der Waals surface area (Å²) in [5, 5.41) is 18.8. The van der Waals surface area contributed by atoms with Gasteiger partial charge < -0.3 is 14.9 Å². The topological polar surface area (TPSA) is 66.8 Å². The molecule has 3 atom stereocenters. The molecule has 0 radical (unpaired) electrons. The Labute approximate surface area is 119 Å². The lowest BCUT2D eigenvalue weighted by atomic mass is 9.89. The van der Waals surface area contributed by atoms with Crippen molar-refractivity contribution in [3.8, 4) is 5.75 Å². The van der Waals surface area contributed by atoms with Gasteiger partial charge in [0.25, 0.3) is 0 Å². The molecule has 1 fully saturated rings. The molecule has 1 aromatic rings. The summed E-state index contributed by atoms with van der Waals surface area (Å²) in [6.45, 7) is 1.95. The van der Waals surface area contributed by atoms with Crippen molar-refractivity contribution < 1.29 is 19.7 Å². The molecule has 3 unspecified atom stereocenters. The van der Waals surface area contributed by atoms with Crippen molar-refractivity contribution in [2.45, 2.75) is 38.7 Å². The third kappa shape index (κ3) is 3.12. The van der Waals surface area contributed by atoms with Crippen LogP contribution in [0, 0.1) is 11.8 Å². The molecule has 0 spiro atoms. The molecule has 0 bridgehead atoms. The van der Waals surface area contributed by atoms with Crippen LogP contribution in [0.1, 0.15) is 43.2 Å². The Morgan fingerprint density at radius 3 is 2.85 bits per heavy atom. The first-order chi connectivity index (χ1) is 9.60. The zero-order chi connectivity index (χ0) is 14.7. The molecule has 0 aromatic heterocycles. The molecule has 4 heteroatoms. The van der Waals surface area contributed by atoms with E-state index >= 15 is 0 Å². The van der Waals surface area contributed by atoms with Crippen LogP contribution in [0.15, 0.2) is 18.2 Å². The van der Waals surface area contributed by atoms with Gasteiger partial charge in [0.15, 0.2) is 0 Å². The van der Waals surface area contributed by atoms with Gasteiger partial charge in [-0.2, -0.15) is 0 Å². The highest BCUT2D eigenvalue weighted by Crippen LogP contribution is 2.46. The Hall–Kier alpha value is -1.55. The van der Waals surface area contributed by atoms with Crippen LogP contribution < -0.4 is 0 Å². The number of carbonyl (C=O) groups is 1. The van der Waals surface area contributed by atoms with Gasteiger partial charge in [-0.05, 0) is 48.8 Å².